The molecular weight excluding hydrogens is 234 g/mol. The van der Waals surface area contributed by atoms with Crippen molar-refractivity contribution in [1.29, 1.82) is 0 Å². The first-order chi connectivity index (χ1) is 6.15. The maximum Gasteiger partial charge on any atom is 0.233 e. The molecule has 0 aliphatic carbocycles. The number of hydrogen-bond donors (Lipinski definition) is 0. The number of carbonyl (C=O) groups is 1. The third-order valence-corrected chi connectivity index (χ3v) is 2.78. The van der Waals surface area contributed by atoms with Gasteiger partial charge in [0.05, 0.1) is 18.0 Å². The summed E-state index contributed by atoms with van der Waals surface area (Å²) < 4.78 is 5.56. The van der Waals surface area contributed by atoms with E-state index in [2.05, 4.69) is 29.8 Å². The number of carbonyl (C=O) groups excluding carboxylic acids is 1. The highest BCUT2D eigenvalue weighted by molar-refractivity contribution is 9.09. The summed E-state index contributed by atoms with van der Waals surface area (Å²) in [4.78, 5) is 13.2. The molecule has 0 bridgehead atoms. The molecule has 0 unspecified atom stereocenters. The summed E-state index contributed by atoms with van der Waals surface area (Å²) in [6.07, 6.45) is 0.205. The molecule has 1 aliphatic heterocycles. The fourth-order valence-electron chi connectivity index (χ4n) is 1.39. The second kappa shape index (κ2) is 4.96. The normalized spacial score (nSPS) is 23.7. The van der Waals surface area contributed by atoms with Crippen LogP contribution in [0.3, 0.4) is 0 Å². The molecule has 0 saturated carbocycles. The highest BCUT2D eigenvalue weighted by Gasteiger charge is 2.25. The highest BCUT2D eigenvalue weighted by atomic mass is 79.9. The van der Waals surface area contributed by atoms with Crippen LogP contribution < -0.4 is 0 Å². The van der Waals surface area contributed by atoms with Gasteiger partial charge in [-0.2, -0.15) is 0 Å². The van der Waals surface area contributed by atoms with Crippen molar-refractivity contribution in [3.63, 3.8) is 0 Å². The molecular formula is C9H16BrNO2. The van der Waals surface area contributed by atoms with Gasteiger partial charge in [0.2, 0.25) is 5.91 Å². The summed E-state index contributed by atoms with van der Waals surface area (Å²) in [5.74, 6) is 0.639. The summed E-state index contributed by atoms with van der Waals surface area (Å²) in [7, 11) is 0. The first-order valence-corrected chi connectivity index (χ1v) is 5.72. The lowest BCUT2D eigenvalue weighted by Crippen LogP contribution is -2.47. The van der Waals surface area contributed by atoms with Gasteiger partial charge in [-0.15, -0.1) is 0 Å². The van der Waals surface area contributed by atoms with Gasteiger partial charge in [-0.25, -0.2) is 0 Å². The molecule has 0 aromatic heterocycles. The SMILES string of the molecule is CC(C)[C@@H]1CN(C(=O)CBr)CCO1. The number of amides is 1. The number of rotatable bonds is 2. The van der Waals surface area contributed by atoms with E-state index in [-0.39, 0.29) is 12.0 Å². The number of morpholine rings is 1. The summed E-state index contributed by atoms with van der Waals surface area (Å²) in [5, 5.41) is 0.414. The molecule has 76 valence electrons. The van der Waals surface area contributed by atoms with Crippen molar-refractivity contribution in [2.45, 2.75) is 20.0 Å². The molecule has 1 saturated heterocycles. The minimum Gasteiger partial charge on any atom is -0.374 e. The topological polar surface area (TPSA) is 29.5 Å². The van der Waals surface area contributed by atoms with Crippen LogP contribution in [0.5, 0.6) is 0 Å². The van der Waals surface area contributed by atoms with Crippen LogP contribution in [0.15, 0.2) is 0 Å². The van der Waals surface area contributed by atoms with Crippen molar-refractivity contribution in [3.8, 4) is 0 Å². The molecule has 1 atom stereocenters. The van der Waals surface area contributed by atoms with Crippen LogP contribution in [0.25, 0.3) is 0 Å². The lowest BCUT2D eigenvalue weighted by atomic mass is 10.1. The van der Waals surface area contributed by atoms with Gasteiger partial charge in [-0.1, -0.05) is 29.8 Å². The molecule has 0 aromatic rings. The van der Waals surface area contributed by atoms with E-state index in [1.807, 2.05) is 4.90 Å². The molecule has 4 heteroatoms. The van der Waals surface area contributed by atoms with Gasteiger partial charge in [0, 0.05) is 13.1 Å². The Morgan fingerprint density at radius 3 is 2.92 bits per heavy atom. The van der Waals surface area contributed by atoms with Crippen LogP contribution in [-0.4, -0.2) is 41.9 Å². The van der Waals surface area contributed by atoms with E-state index in [0.717, 1.165) is 13.1 Å². The Kier molecular flexibility index (Phi) is 4.19. The molecule has 13 heavy (non-hydrogen) atoms. The Bertz CT molecular complexity index is 184. The molecule has 0 aromatic carbocycles. The first-order valence-electron chi connectivity index (χ1n) is 4.60. The number of ether oxygens (including phenoxy) is 1. The smallest absolute Gasteiger partial charge is 0.233 e. The van der Waals surface area contributed by atoms with Crippen LogP contribution in [-0.2, 0) is 9.53 Å². The van der Waals surface area contributed by atoms with E-state index < -0.39 is 0 Å². The van der Waals surface area contributed by atoms with Gasteiger partial charge >= 0.3 is 0 Å². The summed E-state index contributed by atoms with van der Waals surface area (Å²) in [6, 6.07) is 0. The summed E-state index contributed by atoms with van der Waals surface area (Å²) >= 11 is 3.18. The zero-order valence-corrected chi connectivity index (χ0v) is 9.71. The minimum atomic E-state index is 0.161. The maximum absolute atomic E-state index is 11.4. The quantitative estimate of drug-likeness (QED) is 0.690. The average Bonchev–Trinajstić information content (AvgIpc) is 2.17. The van der Waals surface area contributed by atoms with Crippen molar-refractivity contribution < 1.29 is 9.53 Å². The molecule has 1 heterocycles. The largest absolute Gasteiger partial charge is 0.374 e. The maximum atomic E-state index is 11.4. The van der Waals surface area contributed by atoms with Crippen LogP contribution in [0, 0.1) is 5.92 Å². The predicted molar refractivity (Wildman–Crippen MR) is 55.0 cm³/mol. The molecule has 0 spiro atoms. The Morgan fingerprint density at radius 1 is 1.69 bits per heavy atom. The van der Waals surface area contributed by atoms with Crippen molar-refractivity contribution in [2.24, 2.45) is 5.92 Å². The van der Waals surface area contributed by atoms with E-state index in [0.29, 0.717) is 17.9 Å². The molecule has 1 fully saturated rings. The van der Waals surface area contributed by atoms with Crippen LogP contribution in [0.1, 0.15) is 13.8 Å². The van der Waals surface area contributed by atoms with E-state index in [1.54, 1.807) is 0 Å². The molecule has 3 nitrogen and oxygen atoms in total. The summed E-state index contributed by atoms with van der Waals surface area (Å²) in [5.41, 5.74) is 0. The van der Waals surface area contributed by atoms with E-state index >= 15 is 0 Å². The standard InChI is InChI=1S/C9H16BrNO2/c1-7(2)8-6-11(3-4-13-8)9(12)5-10/h7-8H,3-6H2,1-2H3/t8-/m0/s1. The molecule has 1 rings (SSSR count). The Morgan fingerprint density at radius 2 is 2.38 bits per heavy atom. The first kappa shape index (κ1) is 11.0. The van der Waals surface area contributed by atoms with Crippen LogP contribution in [0.4, 0.5) is 0 Å². The zero-order valence-electron chi connectivity index (χ0n) is 8.12. The van der Waals surface area contributed by atoms with Crippen molar-refractivity contribution in [3.05, 3.63) is 0 Å². The number of hydrogen-bond acceptors (Lipinski definition) is 2. The van der Waals surface area contributed by atoms with Gasteiger partial charge < -0.3 is 9.64 Å². The van der Waals surface area contributed by atoms with Gasteiger partial charge in [0.25, 0.3) is 0 Å². The van der Waals surface area contributed by atoms with Gasteiger partial charge in [-0.05, 0) is 5.92 Å². The second-order valence-electron chi connectivity index (χ2n) is 3.63. The lowest BCUT2D eigenvalue weighted by molar-refractivity contribution is -0.137. The number of nitrogens with zero attached hydrogens (tertiary/aromatic N) is 1. The van der Waals surface area contributed by atoms with Gasteiger partial charge in [0.1, 0.15) is 0 Å². The number of alkyl halides is 1. The molecule has 1 aliphatic rings. The number of halogens is 1. The third kappa shape index (κ3) is 2.95. The lowest BCUT2D eigenvalue weighted by Gasteiger charge is -2.34. The Labute approximate surface area is 87.6 Å². The predicted octanol–water partition coefficient (Wildman–Crippen LogP) is 1.26. The van der Waals surface area contributed by atoms with Gasteiger partial charge in [0.15, 0.2) is 0 Å². The van der Waals surface area contributed by atoms with E-state index in [4.69, 9.17) is 4.74 Å². The fraction of sp³-hybridized carbons (Fsp3) is 0.889. The van der Waals surface area contributed by atoms with E-state index in [9.17, 15) is 4.79 Å². The monoisotopic (exact) mass is 249 g/mol. The second-order valence-corrected chi connectivity index (χ2v) is 4.19. The highest BCUT2D eigenvalue weighted by Crippen LogP contribution is 2.13. The van der Waals surface area contributed by atoms with E-state index in [1.165, 1.54) is 0 Å². The Balaban J connectivity index is 2.46. The zero-order chi connectivity index (χ0) is 9.84. The van der Waals surface area contributed by atoms with Crippen LogP contribution >= 0.6 is 15.9 Å². The molecule has 0 N–H and O–H groups in total. The third-order valence-electron chi connectivity index (χ3n) is 2.30. The van der Waals surface area contributed by atoms with Crippen molar-refractivity contribution in [2.75, 3.05) is 25.0 Å². The molecule has 1 amide bonds. The summed E-state index contributed by atoms with van der Waals surface area (Å²) in [6.45, 7) is 6.37. The minimum absolute atomic E-state index is 0.161. The molecule has 0 radical (unpaired) electrons. The van der Waals surface area contributed by atoms with Crippen molar-refractivity contribution >= 4 is 21.8 Å². The van der Waals surface area contributed by atoms with Crippen LogP contribution in [0.2, 0.25) is 0 Å². The fourth-order valence-corrected chi connectivity index (χ4v) is 1.74. The average molecular weight is 250 g/mol. The van der Waals surface area contributed by atoms with Crippen molar-refractivity contribution in [1.82, 2.24) is 4.90 Å². The van der Waals surface area contributed by atoms with Gasteiger partial charge in [-0.3, -0.25) is 4.79 Å². The Hall–Kier alpha value is -0.0900.